The third kappa shape index (κ3) is 3.09. The van der Waals surface area contributed by atoms with Gasteiger partial charge in [0.1, 0.15) is 17.8 Å². The van der Waals surface area contributed by atoms with Crippen molar-refractivity contribution in [3.05, 3.63) is 41.9 Å². The molecule has 9 heteroatoms. The summed E-state index contributed by atoms with van der Waals surface area (Å²) in [6.45, 7) is 3.86. The molecule has 0 spiro atoms. The van der Waals surface area contributed by atoms with Crippen LogP contribution in [-0.2, 0) is 0 Å². The van der Waals surface area contributed by atoms with Crippen molar-refractivity contribution in [2.45, 2.75) is 13.8 Å². The van der Waals surface area contributed by atoms with Crippen LogP contribution in [0.25, 0.3) is 10.2 Å². The maximum Gasteiger partial charge on any atom is 0.189 e. The standard InChI is InChI=1S/C16H15N7OS/c1-8-3-4-10-11(5-8)25-16(20-10)22-15-13(17)14(18-7-19-15)21-12-6-9(2)24-23-12/h3-7H,17H2,1-2H3,(H2,18,19,20,21,22,23). The fraction of sp³-hybridized carbons (Fsp3) is 0.125. The van der Waals surface area contributed by atoms with E-state index in [9.17, 15) is 0 Å². The first-order valence-corrected chi connectivity index (χ1v) is 8.35. The van der Waals surface area contributed by atoms with Gasteiger partial charge in [0.05, 0.1) is 10.2 Å². The monoisotopic (exact) mass is 353 g/mol. The number of aryl methyl sites for hydroxylation is 2. The van der Waals surface area contributed by atoms with E-state index in [1.165, 1.54) is 11.9 Å². The lowest BCUT2D eigenvalue weighted by molar-refractivity contribution is 0.400. The van der Waals surface area contributed by atoms with Gasteiger partial charge in [0.15, 0.2) is 22.6 Å². The minimum absolute atomic E-state index is 0.374. The minimum atomic E-state index is 0.374. The highest BCUT2D eigenvalue weighted by Gasteiger charge is 2.12. The number of nitrogens with two attached hydrogens (primary N) is 1. The highest BCUT2D eigenvalue weighted by Crippen LogP contribution is 2.32. The average molecular weight is 353 g/mol. The molecule has 4 aromatic rings. The molecule has 3 aromatic heterocycles. The smallest absolute Gasteiger partial charge is 0.189 e. The van der Waals surface area contributed by atoms with Crippen molar-refractivity contribution in [1.29, 1.82) is 0 Å². The van der Waals surface area contributed by atoms with E-state index in [0.717, 1.165) is 10.2 Å². The van der Waals surface area contributed by atoms with Crippen LogP contribution < -0.4 is 16.4 Å². The molecular formula is C16H15N7OS. The van der Waals surface area contributed by atoms with Crippen molar-refractivity contribution in [1.82, 2.24) is 20.1 Å². The zero-order valence-electron chi connectivity index (χ0n) is 13.6. The van der Waals surface area contributed by atoms with Gasteiger partial charge in [-0.15, -0.1) is 0 Å². The number of benzene rings is 1. The van der Waals surface area contributed by atoms with E-state index in [1.807, 2.05) is 19.1 Å². The number of anilines is 5. The molecule has 3 heterocycles. The number of fused-ring (bicyclic) bond motifs is 1. The van der Waals surface area contributed by atoms with Crippen LogP contribution in [0.5, 0.6) is 0 Å². The molecule has 8 nitrogen and oxygen atoms in total. The highest BCUT2D eigenvalue weighted by atomic mass is 32.1. The van der Waals surface area contributed by atoms with E-state index in [-0.39, 0.29) is 0 Å². The molecule has 0 unspecified atom stereocenters. The maximum atomic E-state index is 6.17. The zero-order valence-corrected chi connectivity index (χ0v) is 14.4. The quantitative estimate of drug-likeness (QED) is 0.508. The molecule has 0 aliphatic heterocycles. The first-order chi connectivity index (χ1) is 12.1. The average Bonchev–Trinajstić information content (AvgIpc) is 3.16. The molecule has 0 bridgehead atoms. The molecule has 0 fully saturated rings. The van der Waals surface area contributed by atoms with Crippen molar-refractivity contribution in [3.63, 3.8) is 0 Å². The molecule has 0 amide bonds. The zero-order chi connectivity index (χ0) is 17.4. The van der Waals surface area contributed by atoms with Gasteiger partial charge in [0, 0.05) is 6.07 Å². The van der Waals surface area contributed by atoms with Crippen molar-refractivity contribution in [3.8, 4) is 0 Å². The van der Waals surface area contributed by atoms with Crippen molar-refractivity contribution < 1.29 is 4.52 Å². The molecular weight excluding hydrogens is 338 g/mol. The summed E-state index contributed by atoms with van der Waals surface area (Å²) in [4.78, 5) is 12.9. The number of aromatic nitrogens is 4. The number of nitrogen functional groups attached to an aromatic ring is 1. The van der Waals surface area contributed by atoms with Crippen LogP contribution in [0.2, 0.25) is 0 Å². The van der Waals surface area contributed by atoms with Gasteiger partial charge < -0.3 is 20.9 Å². The van der Waals surface area contributed by atoms with Crippen LogP contribution in [0.4, 0.5) is 28.3 Å². The Hall–Kier alpha value is -3.20. The maximum absolute atomic E-state index is 6.17. The molecule has 0 radical (unpaired) electrons. The van der Waals surface area contributed by atoms with Crippen LogP contribution in [-0.4, -0.2) is 20.1 Å². The number of rotatable bonds is 4. The van der Waals surface area contributed by atoms with Crippen LogP contribution in [0.3, 0.4) is 0 Å². The van der Waals surface area contributed by atoms with Gasteiger partial charge in [-0.05, 0) is 31.5 Å². The molecule has 126 valence electrons. The molecule has 4 N–H and O–H groups in total. The van der Waals surface area contributed by atoms with Crippen LogP contribution >= 0.6 is 11.3 Å². The summed E-state index contributed by atoms with van der Waals surface area (Å²) in [6, 6.07) is 7.88. The van der Waals surface area contributed by atoms with Gasteiger partial charge in [-0.1, -0.05) is 22.6 Å². The number of nitrogens with zero attached hydrogens (tertiary/aromatic N) is 4. The predicted molar refractivity (Wildman–Crippen MR) is 98.6 cm³/mol. The van der Waals surface area contributed by atoms with Gasteiger partial charge in [-0.3, -0.25) is 0 Å². The number of nitrogens with one attached hydrogen (secondary N) is 2. The normalized spacial score (nSPS) is 11.0. The molecule has 0 aliphatic carbocycles. The minimum Gasteiger partial charge on any atom is -0.393 e. The predicted octanol–water partition coefficient (Wildman–Crippen LogP) is 3.76. The Kier molecular flexibility index (Phi) is 3.69. The lowest BCUT2D eigenvalue weighted by Crippen LogP contribution is -2.05. The second kappa shape index (κ2) is 6.02. The molecule has 0 aliphatic rings. The third-order valence-electron chi connectivity index (χ3n) is 3.53. The Labute approximate surface area is 147 Å². The van der Waals surface area contributed by atoms with E-state index in [2.05, 4.69) is 43.7 Å². The first-order valence-electron chi connectivity index (χ1n) is 7.53. The number of hydrogen-bond acceptors (Lipinski definition) is 9. The fourth-order valence-corrected chi connectivity index (χ4v) is 3.29. The van der Waals surface area contributed by atoms with Gasteiger partial charge >= 0.3 is 0 Å². The summed E-state index contributed by atoms with van der Waals surface area (Å²) in [5.74, 6) is 2.15. The van der Waals surface area contributed by atoms with Crippen LogP contribution in [0.1, 0.15) is 11.3 Å². The fourth-order valence-electron chi connectivity index (χ4n) is 2.33. The lowest BCUT2D eigenvalue weighted by Gasteiger charge is -2.09. The second-order valence-corrected chi connectivity index (χ2v) is 6.58. The summed E-state index contributed by atoms with van der Waals surface area (Å²) < 4.78 is 6.13. The Morgan fingerprint density at radius 1 is 1.08 bits per heavy atom. The lowest BCUT2D eigenvalue weighted by atomic mass is 10.2. The van der Waals surface area contributed by atoms with Gasteiger partial charge in [-0.25, -0.2) is 15.0 Å². The van der Waals surface area contributed by atoms with E-state index in [4.69, 9.17) is 10.3 Å². The largest absolute Gasteiger partial charge is 0.393 e. The van der Waals surface area contributed by atoms with E-state index >= 15 is 0 Å². The van der Waals surface area contributed by atoms with Gasteiger partial charge in [0.25, 0.3) is 0 Å². The molecule has 0 atom stereocenters. The number of hydrogen-bond donors (Lipinski definition) is 3. The molecule has 0 saturated carbocycles. The summed E-state index contributed by atoms with van der Waals surface area (Å²) in [6.07, 6.45) is 1.42. The van der Waals surface area contributed by atoms with Crippen LogP contribution in [0, 0.1) is 13.8 Å². The highest BCUT2D eigenvalue weighted by molar-refractivity contribution is 7.22. The first kappa shape index (κ1) is 15.3. The molecule has 0 saturated heterocycles. The Bertz CT molecular complexity index is 1060. The van der Waals surface area contributed by atoms with E-state index in [1.54, 1.807) is 17.4 Å². The SMILES string of the molecule is Cc1ccc2nc(Nc3ncnc(Nc4cc(C)on4)c3N)sc2c1. The second-order valence-electron chi connectivity index (χ2n) is 5.55. The van der Waals surface area contributed by atoms with E-state index in [0.29, 0.717) is 34.0 Å². The van der Waals surface area contributed by atoms with Gasteiger partial charge in [0.2, 0.25) is 0 Å². The van der Waals surface area contributed by atoms with Crippen molar-refractivity contribution in [2.75, 3.05) is 16.4 Å². The summed E-state index contributed by atoms with van der Waals surface area (Å²) >= 11 is 1.54. The van der Waals surface area contributed by atoms with Crippen molar-refractivity contribution >= 4 is 49.8 Å². The Morgan fingerprint density at radius 3 is 2.64 bits per heavy atom. The van der Waals surface area contributed by atoms with Crippen LogP contribution in [0.15, 0.2) is 35.1 Å². The summed E-state index contributed by atoms with van der Waals surface area (Å²) in [5.41, 5.74) is 8.67. The summed E-state index contributed by atoms with van der Waals surface area (Å²) in [5, 5.41) is 10.8. The number of thiazole rings is 1. The molecule has 1 aromatic carbocycles. The Morgan fingerprint density at radius 2 is 1.88 bits per heavy atom. The summed E-state index contributed by atoms with van der Waals surface area (Å²) in [7, 11) is 0. The van der Waals surface area contributed by atoms with Gasteiger partial charge in [-0.2, -0.15) is 0 Å². The topological polar surface area (TPSA) is 115 Å². The molecule has 25 heavy (non-hydrogen) atoms. The van der Waals surface area contributed by atoms with Crippen molar-refractivity contribution in [2.24, 2.45) is 0 Å². The molecule has 4 rings (SSSR count). The van der Waals surface area contributed by atoms with E-state index < -0.39 is 0 Å². The third-order valence-corrected chi connectivity index (χ3v) is 4.46. The Balaban J connectivity index is 1.62.